The highest BCUT2D eigenvalue weighted by molar-refractivity contribution is 5.17. The van der Waals surface area contributed by atoms with Gasteiger partial charge in [-0.25, -0.2) is 4.98 Å². The molecule has 5 nitrogen and oxygen atoms in total. The van der Waals surface area contributed by atoms with E-state index < -0.39 is 0 Å². The molecular formula is C13H16N4O. The predicted octanol–water partition coefficient (Wildman–Crippen LogP) is 2.07. The van der Waals surface area contributed by atoms with Crippen molar-refractivity contribution < 1.29 is 4.52 Å². The Bertz CT molecular complexity index is 567. The maximum absolute atomic E-state index is 5.29. The van der Waals surface area contributed by atoms with Crippen molar-refractivity contribution in [1.82, 2.24) is 19.7 Å². The van der Waals surface area contributed by atoms with Crippen molar-refractivity contribution in [3.63, 3.8) is 0 Å². The first kappa shape index (κ1) is 10.3. The van der Waals surface area contributed by atoms with Crippen LogP contribution in [0.15, 0.2) is 10.9 Å². The molecule has 2 aliphatic rings. The van der Waals surface area contributed by atoms with Crippen molar-refractivity contribution in [3.05, 3.63) is 29.4 Å². The number of nitrogens with zero attached hydrogens (tertiary/aromatic N) is 4. The van der Waals surface area contributed by atoms with Gasteiger partial charge in [0.05, 0.1) is 18.6 Å². The van der Waals surface area contributed by atoms with Crippen LogP contribution >= 0.6 is 0 Å². The van der Waals surface area contributed by atoms with Crippen molar-refractivity contribution in [2.24, 2.45) is 0 Å². The van der Waals surface area contributed by atoms with E-state index in [0.29, 0.717) is 12.5 Å². The number of hydrogen-bond donors (Lipinski definition) is 0. The van der Waals surface area contributed by atoms with Gasteiger partial charge in [-0.1, -0.05) is 5.16 Å². The molecular weight excluding hydrogens is 228 g/mol. The van der Waals surface area contributed by atoms with Crippen molar-refractivity contribution >= 4 is 0 Å². The van der Waals surface area contributed by atoms with Crippen LogP contribution in [0.1, 0.15) is 54.7 Å². The van der Waals surface area contributed by atoms with Crippen LogP contribution in [0, 0.1) is 0 Å². The molecule has 5 heteroatoms. The molecule has 0 atom stereocenters. The Morgan fingerprint density at radius 3 is 3.06 bits per heavy atom. The third kappa shape index (κ3) is 1.74. The van der Waals surface area contributed by atoms with Gasteiger partial charge in [0.25, 0.3) is 0 Å². The molecule has 1 saturated carbocycles. The van der Waals surface area contributed by atoms with Gasteiger partial charge in [0.15, 0.2) is 5.82 Å². The first-order chi connectivity index (χ1) is 8.90. The topological polar surface area (TPSA) is 56.7 Å². The lowest BCUT2D eigenvalue weighted by Gasteiger charge is -2.12. The highest BCUT2D eigenvalue weighted by Gasteiger charge is 2.29. The molecule has 0 amide bonds. The number of fused-ring (bicyclic) bond motifs is 1. The smallest absolute Gasteiger partial charge is 0.229 e. The Morgan fingerprint density at radius 2 is 2.17 bits per heavy atom. The van der Waals surface area contributed by atoms with Crippen LogP contribution in [-0.4, -0.2) is 19.7 Å². The molecule has 18 heavy (non-hydrogen) atoms. The number of aryl methyl sites for hydroxylation is 1. The second-order valence-corrected chi connectivity index (χ2v) is 5.30. The van der Waals surface area contributed by atoms with E-state index in [9.17, 15) is 0 Å². The largest absolute Gasteiger partial charge is 0.339 e. The second kappa shape index (κ2) is 3.93. The molecule has 0 saturated heterocycles. The van der Waals surface area contributed by atoms with E-state index in [2.05, 4.69) is 19.7 Å². The highest BCUT2D eigenvalue weighted by atomic mass is 16.5. The fourth-order valence-electron chi connectivity index (χ4n) is 2.65. The number of aromatic nitrogens is 4. The zero-order chi connectivity index (χ0) is 11.9. The fourth-order valence-corrected chi connectivity index (χ4v) is 2.65. The Balaban J connectivity index is 1.57. The summed E-state index contributed by atoms with van der Waals surface area (Å²) >= 11 is 0. The van der Waals surface area contributed by atoms with E-state index in [0.717, 1.165) is 24.6 Å². The van der Waals surface area contributed by atoms with Gasteiger partial charge in [-0.15, -0.1) is 0 Å². The van der Waals surface area contributed by atoms with Gasteiger partial charge in [-0.3, -0.25) is 0 Å². The van der Waals surface area contributed by atoms with Gasteiger partial charge in [-0.05, 0) is 38.5 Å². The van der Waals surface area contributed by atoms with Crippen molar-refractivity contribution in [3.8, 4) is 0 Å². The average Bonchev–Trinajstić information content (AvgIpc) is 3.02. The molecule has 94 valence electrons. The lowest BCUT2D eigenvalue weighted by Crippen LogP contribution is -2.09. The molecule has 0 N–H and O–H groups in total. The van der Waals surface area contributed by atoms with Crippen LogP contribution in [0.4, 0.5) is 0 Å². The summed E-state index contributed by atoms with van der Waals surface area (Å²) in [5, 5.41) is 4.07. The van der Waals surface area contributed by atoms with Crippen molar-refractivity contribution in [1.29, 1.82) is 0 Å². The molecule has 2 aromatic heterocycles. The Hall–Kier alpha value is -1.65. The van der Waals surface area contributed by atoms with Crippen LogP contribution in [-0.2, 0) is 19.4 Å². The second-order valence-electron chi connectivity index (χ2n) is 5.30. The number of rotatable bonds is 3. The van der Waals surface area contributed by atoms with Gasteiger partial charge in [0.1, 0.15) is 0 Å². The van der Waals surface area contributed by atoms with Gasteiger partial charge in [-0.2, -0.15) is 4.98 Å². The summed E-state index contributed by atoms with van der Waals surface area (Å²) < 4.78 is 7.46. The first-order valence-electron chi connectivity index (χ1n) is 6.75. The number of hydrogen-bond acceptors (Lipinski definition) is 4. The summed E-state index contributed by atoms with van der Waals surface area (Å²) in [6.45, 7) is 0.693. The molecule has 4 rings (SSSR count). The summed E-state index contributed by atoms with van der Waals surface area (Å²) in [6.07, 6.45) is 9.08. The molecule has 0 aliphatic heterocycles. The van der Waals surface area contributed by atoms with E-state index in [1.165, 1.54) is 37.1 Å². The summed E-state index contributed by atoms with van der Waals surface area (Å²) in [7, 11) is 0. The van der Waals surface area contributed by atoms with Gasteiger partial charge in [0, 0.05) is 11.6 Å². The zero-order valence-electron chi connectivity index (χ0n) is 10.3. The van der Waals surface area contributed by atoms with Crippen LogP contribution < -0.4 is 0 Å². The SMILES string of the molecule is c1nc2c(n1Cc1noc(C3CC3)n1)CCCC2. The predicted molar refractivity (Wildman–Crippen MR) is 64.2 cm³/mol. The van der Waals surface area contributed by atoms with E-state index in [-0.39, 0.29) is 0 Å². The zero-order valence-corrected chi connectivity index (χ0v) is 10.3. The summed E-state index contributed by atoms with van der Waals surface area (Å²) in [4.78, 5) is 8.95. The molecule has 0 aromatic carbocycles. The average molecular weight is 244 g/mol. The third-order valence-electron chi connectivity index (χ3n) is 3.83. The highest BCUT2D eigenvalue weighted by Crippen LogP contribution is 2.38. The normalized spacial score (nSPS) is 18.9. The quantitative estimate of drug-likeness (QED) is 0.829. The first-order valence-corrected chi connectivity index (χ1v) is 6.75. The van der Waals surface area contributed by atoms with E-state index >= 15 is 0 Å². The van der Waals surface area contributed by atoms with Gasteiger partial charge < -0.3 is 9.09 Å². The summed E-state index contributed by atoms with van der Waals surface area (Å²) in [5.74, 6) is 2.13. The Kier molecular flexibility index (Phi) is 2.25. The lowest BCUT2D eigenvalue weighted by atomic mass is 10.0. The monoisotopic (exact) mass is 244 g/mol. The van der Waals surface area contributed by atoms with Crippen LogP contribution in [0.2, 0.25) is 0 Å². The van der Waals surface area contributed by atoms with Crippen LogP contribution in [0.3, 0.4) is 0 Å². The van der Waals surface area contributed by atoms with Gasteiger partial charge in [0.2, 0.25) is 5.89 Å². The van der Waals surface area contributed by atoms with E-state index in [4.69, 9.17) is 4.52 Å². The maximum atomic E-state index is 5.29. The van der Waals surface area contributed by atoms with Crippen LogP contribution in [0.25, 0.3) is 0 Å². The maximum Gasteiger partial charge on any atom is 0.229 e. The minimum Gasteiger partial charge on any atom is -0.339 e. The summed E-state index contributed by atoms with van der Waals surface area (Å²) in [6, 6.07) is 0. The minimum absolute atomic E-state index is 0.531. The van der Waals surface area contributed by atoms with Gasteiger partial charge >= 0.3 is 0 Å². The third-order valence-corrected chi connectivity index (χ3v) is 3.83. The van der Waals surface area contributed by atoms with E-state index in [1.807, 2.05) is 6.33 Å². The van der Waals surface area contributed by atoms with E-state index in [1.54, 1.807) is 0 Å². The number of imidazole rings is 1. The Labute approximate surface area is 105 Å². The molecule has 0 spiro atoms. The molecule has 2 aromatic rings. The molecule has 0 radical (unpaired) electrons. The molecule has 0 unspecified atom stereocenters. The summed E-state index contributed by atoms with van der Waals surface area (Å²) in [5.41, 5.74) is 2.62. The van der Waals surface area contributed by atoms with Crippen LogP contribution in [0.5, 0.6) is 0 Å². The molecule has 2 aliphatic carbocycles. The fraction of sp³-hybridized carbons (Fsp3) is 0.615. The van der Waals surface area contributed by atoms with Crippen molar-refractivity contribution in [2.75, 3.05) is 0 Å². The molecule has 1 fully saturated rings. The Morgan fingerprint density at radius 1 is 1.28 bits per heavy atom. The minimum atomic E-state index is 0.531. The molecule has 0 bridgehead atoms. The standard InChI is InChI=1S/C13H16N4O/c1-2-4-11-10(3-1)14-8-17(11)7-12-15-13(18-16-12)9-5-6-9/h8-9H,1-7H2. The molecule has 2 heterocycles. The lowest BCUT2D eigenvalue weighted by molar-refractivity contribution is 0.373. The van der Waals surface area contributed by atoms with Crippen molar-refractivity contribution in [2.45, 2.75) is 51.0 Å².